The van der Waals surface area contributed by atoms with Gasteiger partial charge in [0, 0.05) is 18.7 Å². The first-order valence-electron chi connectivity index (χ1n) is 9.34. The van der Waals surface area contributed by atoms with E-state index in [9.17, 15) is 13.9 Å². The maximum Gasteiger partial charge on any atom is 0.178 e. The topological polar surface area (TPSA) is 67.5 Å². The normalized spacial score (nSPS) is 13.0. The third-order valence-electron chi connectivity index (χ3n) is 4.56. The largest absolute Gasteiger partial charge is 0.491 e. The summed E-state index contributed by atoms with van der Waals surface area (Å²) >= 11 is 1.56. The Labute approximate surface area is 188 Å². The molecule has 0 unspecified atom stereocenters. The Hall–Kier alpha value is -2.52. The Morgan fingerprint density at radius 3 is 2.81 bits per heavy atom. The van der Waals surface area contributed by atoms with Gasteiger partial charge in [0.25, 0.3) is 0 Å². The summed E-state index contributed by atoms with van der Waals surface area (Å²) in [5.41, 5.74) is 1.79. The van der Waals surface area contributed by atoms with Crippen molar-refractivity contribution < 1.29 is 23.1 Å². The van der Waals surface area contributed by atoms with E-state index in [0.717, 1.165) is 33.7 Å². The zero-order valence-electron chi connectivity index (χ0n) is 16.6. The third kappa shape index (κ3) is 5.59. The second-order valence-corrected chi connectivity index (χ2v) is 8.23. The van der Waals surface area contributed by atoms with E-state index in [0.29, 0.717) is 17.9 Å². The molecule has 4 rings (SSSR count). The van der Waals surface area contributed by atoms with Crippen molar-refractivity contribution in [1.29, 1.82) is 0 Å². The van der Waals surface area contributed by atoms with Gasteiger partial charge in [-0.25, -0.2) is 8.78 Å². The van der Waals surface area contributed by atoms with Gasteiger partial charge in [-0.3, -0.25) is 0 Å². The third-order valence-corrected chi connectivity index (χ3v) is 5.46. The van der Waals surface area contributed by atoms with E-state index in [4.69, 9.17) is 9.26 Å². The summed E-state index contributed by atoms with van der Waals surface area (Å²) in [4.78, 5) is 0. The molecular formula is C22H21ClF2N2O3S. The first-order chi connectivity index (χ1) is 14.4. The lowest BCUT2D eigenvalue weighted by atomic mass is 10.1. The van der Waals surface area contributed by atoms with E-state index >= 15 is 0 Å². The molecule has 2 aromatic heterocycles. The molecule has 0 fully saturated rings. The predicted molar refractivity (Wildman–Crippen MR) is 119 cm³/mol. The zero-order valence-corrected chi connectivity index (χ0v) is 18.2. The van der Waals surface area contributed by atoms with Crippen molar-refractivity contribution in [2.24, 2.45) is 0 Å². The molecule has 1 atom stereocenters. The van der Waals surface area contributed by atoms with Crippen molar-refractivity contribution in [3.05, 3.63) is 71.1 Å². The van der Waals surface area contributed by atoms with Crippen LogP contribution in [-0.4, -0.2) is 29.0 Å². The van der Waals surface area contributed by atoms with Gasteiger partial charge in [-0.05, 0) is 48.2 Å². The van der Waals surface area contributed by atoms with Gasteiger partial charge >= 0.3 is 0 Å². The van der Waals surface area contributed by atoms with Crippen LogP contribution >= 0.6 is 23.7 Å². The Morgan fingerprint density at radius 1 is 1.16 bits per heavy atom. The Bertz CT molecular complexity index is 1160. The second kappa shape index (κ2) is 9.74. The van der Waals surface area contributed by atoms with E-state index < -0.39 is 17.2 Å². The lowest BCUT2D eigenvalue weighted by Gasteiger charge is -2.24. The molecular weight excluding hydrogens is 446 g/mol. The monoisotopic (exact) mass is 466 g/mol. The van der Waals surface area contributed by atoms with Gasteiger partial charge in [0.1, 0.15) is 28.4 Å². The molecule has 0 radical (unpaired) electrons. The Kier molecular flexibility index (Phi) is 7.27. The quantitative estimate of drug-likeness (QED) is 0.374. The molecule has 2 heterocycles. The lowest BCUT2D eigenvalue weighted by molar-refractivity contribution is 0.0120. The van der Waals surface area contributed by atoms with Crippen LogP contribution in [0.5, 0.6) is 5.75 Å². The van der Waals surface area contributed by atoms with Gasteiger partial charge in [0.05, 0.1) is 0 Å². The van der Waals surface area contributed by atoms with Gasteiger partial charge < -0.3 is 19.7 Å². The van der Waals surface area contributed by atoms with Crippen LogP contribution in [0.3, 0.4) is 0 Å². The molecule has 0 bridgehead atoms. The zero-order chi connectivity index (χ0) is 21.1. The maximum atomic E-state index is 13.3. The number of aromatic nitrogens is 1. The van der Waals surface area contributed by atoms with Crippen molar-refractivity contribution in [3.8, 4) is 17.0 Å². The van der Waals surface area contributed by atoms with Crippen LogP contribution in [0.15, 0.2) is 58.4 Å². The molecule has 0 saturated carbocycles. The van der Waals surface area contributed by atoms with Gasteiger partial charge in [0.15, 0.2) is 17.2 Å². The second-order valence-electron chi connectivity index (χ2n) is 7.31. The van der Waals surface area contributed by atoms with E-state index in [1.54, 1.807) is 24.3 Å². The molecule has 5 nitrogen and oxygen atoms in total. The van der Waals surface area contributed by atoms with Crippen molar-refractivity contribution in [2.45, 2.75) is 19.1 Å². The van der Waals surface area contributed by atoms with Crippen LogP contribution in [0, 0.1) is 11.6 Å². The first kappa shape index (κ1) is 23.1. The van der Waals surface area contributed by atoms with Crippen molar-refractivity contribution in [2.75, 3.05) is 13.2 Å². The van der Waals surface area contributed by atoms with Crippen LogP contribution in [0.25, 0.3) is 21.5 Å². The van der Waals surface area contributed by atoms with E-state index in [2.05, 4.69) is 10.5 Å². The smallest absolute Gasteiger partial charge is 0.178 e. The van der Waals surface area contributed by atoms with E-state index in [1.807, 2.05) is 29.6 Å². The molecule has 31 heavy (non-hydrogen) atoms. The molecule has 0 saturated heterocycles. The van der Waals surface area contributed by atoms with Gasteiger partial charge in [-0.2, -0.15) is 0 Å². The summed E-state index contributed by atoms with van der Waals surface area (Å²) in [6, 6.07) is 13.0. The molecule has 4 aromatic rings. The molecule has 2 N–H and O–H groups in total. The average Bonchev–Trinajstić information content (AvgIpc) is 3.33. The standard InChI is InChI=1S/C22H20F2N2O3S.ClH/c1-22(27,12-25-11-14-5-6-17(23)18(24)9-14)13-28-16-4-2-3-15(10-16)20-21-19(29-26-20)7-8-30-21;/h2-10,25,27H,11-13H2,1H3;1H/t22-;/m0./s1. The fourth-order valence-electron chi connectivity index (χ4n) is 3.01. The van der Waals surface area contributed by atoms with Crippen LogP contribution < -0.4 is 10.1 Å². The lowest BCUT2D eigenvalue weighted by Crippen LogP contribution is -2.42. The first-order valence-corrected chi connectivity index (χ1v) is 10.2. The summed E-state index contributed by atoms with van der Waals surface area (Å²) < 4.78 is 38.3. The predicted octanol–water partition coefficient (Wildman–Crippen LogP) is 5.18. The SMILES string of the molecule is C[C@](O)(CNCc1ccc(F)c(F)c1)COc1cccc(-c2noc3ccsc23)c1.Cl. The van der Waals surface area contributed by atoms with Gasteiger partial charge in [-0.1, -0.05) is 23.4 Å². The number of benzene rings is 2. The van der Waals surface area contributed by atoms with Crippen LogP contribution in [0.1, 0.15) is 12.5 Å². The van der Waals surface area contributed by atoms with Gasteiger partial charge in [-0.15, -0.1) is 23.7 Å². The number of hydrogen-bond acceptors (Lipinski definition) is 6. The summed E-state index contributed by atoms with van der Waals surface area (Å²) in [5, 5.41) is 19.7. The fraction of sp³-hybridized carbons (Fsp3) is 0.227. The molecule has 0 amide bonds. The minimum Gasteiger partial charge on any atom is -0.491 e. The highest BCUT2D eigenvalue weighted by atomic mass is 35.5. The molecule has 0 aliphatic carbocycles. The highest BCUT2D eigenvalue weighted by Gasteiger charge is 2.21. The number of nitrogens with one attached hydrogen (secondary N) is 1. The highest BCUT2D eigenvalue weighted by molar-refractivity contribution is 7.17. The molecule has 0 aliphatic heterocycles. The molecule has 2 aromatic carbocycles. The Balaban J connectivity index is 0.00000272. The number of rotatable bonds is 8. The average molecular weight is 467 g/mol. The minimum absolute atomic E-state index is 0. The molecule has 9 heteroatoms. The van der Waals surface area contributed by atoms with Crippen molar-refractivity contribution in [1.82, 2.24) is 10.5 Å². The highest BCUT2D eigenvalue weighted by Crippen LogP contribution is 2.33. The number of aliphatic hydroxyl groups is 1. The summed E-state index contributed by atoms with van der Waals surface area (Å²) in [6.45, 7) is 2.20. The van der Waals surface area contributed by atoms with Crippen molar-refractivity contribution in [3.63, 3.8) is 0 Å². The summed E-state index contributed by atoms with van der Waals surface area (Å²) in [7, 11) is 0. The maximum absolute atomic E-state index is 13.3. The number of thiophene rings is 1. The van der Waals surface area contributed by atoms with E-state index in [-0.39, 0.29) is 25.6 Å². The number of hydrogen-bond donors (Lipinski definition) is 2. The fourth-order valence-corrected chi connectivity index (χ4v) is 3.83. The number of fused-ring (bicyclic) bond motifs is 1. The summed E-state index contributed by atoms with van der Waals surface area (Å²) in [5.74, 6) is -1.18. The molecule has 0 spiro atoms. The van der Waals surface area contributed by atoms with Crippen LogP contribution in [0.2, 0.25) is 0 Å². The van der Waals surface area contributed by atoms with Gasteiger partial charge in [0.2, 0.25) is 0 Å². The Morgan fingerprint density at radius 2 is 2.00 bits per heavy atom. The molecule has 164 valence electrons. The molecule has 0 aliphatic rings. The van der Waals surface area contributed by atoms with Crippen molar-refractivity contribution >= 4 is 34.0 Å². The summed E-state index contributed by atoms with van der Waals surface area (Å²) in [6.07, 6.45) is 0. The van der Waals surface area contributed by atoms with Crippen LogP contribution in [0.4, 0.5) is 8.78 Å². The minimum atomic E-state index is -1.16. The van der Waals surface area contributed by atoms with E-state index in [1.165, 1.54) is 6.07 Å². The van der Waals surface area contributed by atoms with Crippen LogP contribution in [-0.2, 0) is 6.54 Å². The number of nitrogens with zero attached hydrogens (tertiary/aromatic N) is 1. The number of ether oxygens (including phenoxy) is 1. The number of halogens is 3.